The number of hydroxylamine groups is 1. The standard InChI is InChI=1S/C60H64N8O8/c61-65-63-51-19-6-5-15-43(51)37-68(59(72)39-23-21-38(22-24-39)33-44(69)16-3-1-2-4-20-52(70)64-75)32-27-62-58(71)42-25-26-45(60(73)74)48(36-42)53-49-34-40-13-7-9-28-66-30-11-17-46(54(40)66)56(49)76-57-47-18-12-31-67-29-10-8-14-41(55(47)67)35-50(53)57/h5-6,15,19,21-26,34-36H,1-4,7-14,16-18,20,27-33,37H2,(H3-,62,64,70,71,73,74,75)/p+1. The van der Waals surface area contributed by atoms with Crippen molar-refractivity contribution in [2.45, 2.75) is 116 Å². The molecule has 5 aromatic rings. The van der Waals surface area contributed by atoms with Crippen LogP contribution in [0.15, 0.2) is 84.0 Å². The summed E-state index contributed by atoms with van der Waals surface area (Å²) < 4.78 is 9.81. The van der Waals surface area contributed by atoms with Crippen LogP contribution in [0, 0.1) is 0 Å². The number of aromatic carboxylic acids is 1. The van der Waals surface area contributed by atoms with Gasteiger partial charge in [-0.1, -0.05) is 54.4 Å². The summed E-state index contributed by atoms with van der Waals surface area (Å²) in [5, 5.41) is 28.7. The monoisotopic (exact) mass is 1030 g/mol. The Morgan fingerprint density at radius 3 is 2.33 bits per heavy atom. The Morgan fingerprint density at radius 1 is 0.763 bits per heavy atom. The molecule has 392 valence electrons. The molecule has 16 heteroatoms. The summed E-state index contributed by atoms with van der Waals surface area (Å²) in [5.41, 5.74) is 21.7. The highest BCUT2D eigenvalue weighted by molar-refractivity contribution is 6.03. The zero-order valence-electron chi connectivity index (χ0n) is 43.0. The van der Waals surface area contributed by atoms with Crippen molar-refractivity contribution < 1.29 is 39.0 Å². The van der Waals surface area contributed by atoms with E-state index in [0.717, 1.165) is 137 Å². The van der Waals surface area contributed by atoms with Gasteiger partial charge in [0.1, 0.15) is 30.4 Å². The van der Waals surface area contributed by atoms with Crippen molar-refractivity contribution in [2.24, 2.45) is 5.11 Å². The molecular formula is C60H65N8O8+. The van der Waals surface area contributed by atoms with Crippen molar-refractivity contribution in [1.82, 2.24) is 20.3 Å². The number of carboxylic acid groups (broad SMARTS) is 1. The Labute approximate surface area is 441 Å². The van der Waals surface area contributed by atoms with E-state index in [9.17, 15) is 34.6 Å². The molecule has 0 unspecified atom stereocenters. The van der Waals surface area contributed by atoms with Gasteiger partial charge in [0.05, 0.1) is 11.1 Å². The van der Waals surface area contributed by atoms with Gasteiger partial charge in [0.25, 0.3) is 11.8 Å². The third-order valence-corrected chi connectivity index (χ3v) is 15.8. The zero-order valence-corrected chi connectivity index (χ0v) is 43.0. The van der Waals surface area contributed by atoms with Gasteiger partial charge in [-0.15, -0.1) is 0 Å². The number of carbonyl (C=O) groups excluding carboxylic acids is 4. The Kier molecular flexibility index (Phi) is 15.9. The summed E-state index contributed by atoms with van der Waals surface area (Å²) >= 11 is 0. The first-order valence-electron chi connectivity index (χ1n) is 27.1. The van der Waals surface area contributed by atoms with Gasteiger partial charge in [-0.05, 0) is 134 Å². The van der Waals surface area contributed by atoms with Crippen molar-refractivity contribution in [1.29, 1.82) is 0 Å². The van der Waals surface area contributed by atoms with Crippen LogP contribution in [0.5, 0.6) is 11.5 Å². The maximum atomic E-state index is 14.5. The predicted octanol–water partition coefficient (Wildman–Crippen LogP) is 8.57. The number of amides is 3. The fraction of sp³-hybridized carbons (Fsp3) is 0.400. The third-order valence-electron chi connectivity index (χ3n) is 15.8. The topological polar surface area (TPSA) is 217 Å². The number of nitrogens with zero attached hydrogens (tertiary/aromatic N) is 6. The summed E-state index contributed by atoms with van der Waals surface area (Å²) in [6, 6.07) is 23.2. The molecule has 0 saturated heterocycles. The first-order valence-corrected chi connectivity index (χ1v) is 27.1. The maximum Gasteiger partial charge on any atom is 0.336 e. The normalized spacial score (nSPS) is 15.0. The SMILES string of the molecule is [N-]=[N+]=Nc1ccccc1CN(CCNC(=O)c1ccc(C(=O)O)c(C2=c3cc4c5c(c3Oc3c2cc2c6c3CCCN6CCCC2)CCC[N+]=5CCCC4)c1)C(=O)c1ccc(CC(=O)CCCCCCC(=O)NO)cc1. The molecule has 0 aromatic heterocycles. The molecule has 4 N–H and O–H groups in total. The second-order valence-corrected chi connectivity index (χ2v) is 20.8. The molecule has 16 nitrogen and oxygen atoms in total. The van der Waals surface area contributed by atoms with Gasteiger partial charge in [0.2, 0.25) is 11.3 Å². The highest BCUT2D eigenvalue weighted by Gasteiger charge is 2.36. The second-order valence-electron chi connectivity index (χ2n) is 20.8. The Bertz CT molecular complexity index is 3310. The van der Waals surface area contributed by atoms with Gasteiger partial charge in [-0.25, -0.2) is 14.9 Å². The summed E-state index contributed by atoms with van der Waals surface area (Å²) in [6.45, 7) is 4.16. The zero-order chi connectivity index (χ0) is 52.7. The van der Waals surface area contributed by atoms with Crippen LogP contribution in [0.4, 0.5) is 11.4 Å². The number of aryl methyl sites for hydroxylation is 2. The summed E-state index contributed by atoms with van der Waals surface area (Å²) in [7, 11) is 0. The number of unbranched alkanes of at least 4 members (excludes halogenated alkanes) is 3. The van der Waals surface area contributed by atoms with Crippen LogP contribution in [0.2, 0.25) is 0 Å². The number of ketones is 1. The van der Waals surface area contributed by atoms with Gasteiger partial charge in [-0.2, -0.15) is 0 Å². The number of fused-ring (bicyclic) bond motifs is 4. The van der Waals surface area contributed by atoms with Gasteiger partial charge >= 0.3 is 5.97 Å². The third kappa shape index (κ3) is 11.0. The lowest BCUT2D eigenvalue weighted by Crippen LogP contribution is -2.41. The van der Waals surface area contributed by atoms with E-state index in [1.54, 1.807) is 71.0 Å². The molecule has 5 aromatic carbocycles. The second kappa shape index (κ2) is 23.4. The van der Waals surface area contributed by atoms with E-state index in [-0.39, 0.29) is 55.3 Å². The molecule has 10 rings (SSSR count). The average molecular weight is 1030 g/mol. The number of carboxylic acids is 1. The van der Waals surface area contributed by atoms with Gasteiger partial charge < -0.3 is 25.0 Å². The van der Waals surface area contributed by atoms with E-state index in [1.165, 1.54) is 39.4 Å². The van der Waals surface area contributed by atoms with Gasteiger partial charge in [0.15, 0.2) is 0 Å². The summed E-state index contributed by atoms with van der Waals surface area (Å²) in [5.74, 6) is -0.636. The molecular weight excluding hydrogens is 961 g/mol. The van der Waals surface area contributed by atoms with Crippen LogP contribution < -0.4 is 35.6 Å². The lowest BCUT2D eigenvalue weighted by Gasteiger charge is -2.35. The van der Waals surface area contributed by atoms with E-state index in [1.807, 2.05) is 0 Å². The number of rotatable bonds is 19. The van der Waals surface area contributed by atoms with Crippen LogP contribution in [-0.2, 0) is 48.2 Å². The van der Waals surface area contributed by atoms with Gasteiger partial charge in [0, 0.05) is 120 Å². The number of hydrogen-bond donors (Lipinski definition) is 4. The molecule has 5 aliphatic heterocycles. The number of nitrogens with one attached hydrogen (secondary N) is 2. The highest BCUT2D eigenvalue weighted by Crippen LogP contribution is 2.48. The van der Waals surface area contributed by atoms with E-state index >= 15 is 0 Å². The minimum absolute atomic E-state index is 0.0412. The molecule has 0 radical (unpaired) electrons. The van der Waals surface area contributed by atoms with Crippen LogP contribution in [-0.4, -0.2) is 84.0 Å². The fourth-order valence-corrected chi connectivity index (χ4v) is 12.1. The Hall–Kier alpha value is -7.81. The van der Waals surface area contributed by atoms with Crippen LogP contribution in [0.1, 0.15) is 153 Å². The molecule has 5 heterocycles. The number of anilines is 1. The van der Waals surface area contributed by atoms with Crippen molar-refractivity contribution >= 4 is 46.4 Å². The highest BCUT2D eigenvalue weighted by atomic mass is 16.5. The Morgan fingerprint density at radius 2 is 1.51 bits per heavy atom. The molecule has 0 spiro atoms. The fourth-order valence-electron chi connectivity index (χ4n) is 12.1. The van der Waals surface area contributed by atoms with Crippen molar-refractivity contribution in [3.63, 3.8) is 0 Å². The first kappa shape index (κ1) is 51.7. The molecule has 76 heavy (non-hydrogen) atoms. The molecule has 0 fully saturated rings. The molecule has 0 aliphatic carbocycles. The molecule has 0 bridgehead atoms. The minimum atomic E-state index is -1.10. The molecule has 5 aliphatic rings. The first-order chi connectivity index (χ1) is 37.1. The number of hydrogen-bond acceptors (Lipinski definition) is 9. The van der Waals surface area contributed by atoms with E-state index in [2.05, 4.69) is 37.0 Å². The molecule has 0 atom stereocenters. The smallest absolute Gasteiger partial charge is 0.336 e. The summed E-state index contributed by atoms with van der Waals surface area (Å²) in [4.78, 5) is 73.5. The van der Waals surface area contributed by atoms with E-state index in [0.29, 0.717) is 41.6 Å². The lowest BCUT2D eigenvalue weighted by molar-refractivity contribution is -0.129. The molecule has 3 amide bonds. The predicted molar refractivity (Wildman–Crippen MR) is 288 cm³/mol. The number of ether oxygens (including phenoxy) is 1. The lowest BCUT2D eigenvalue weighted by atomic mass is 9.82. The number of Topliss-reactive ketones (excluding diaryl/α,β-unsaturated/α-hetero) is 1. The molecule has 0 saturated carbocycles. The average Bonchev–Trinajstić information content (AvgIpc) is 3.93. The van der Waals surface area contributed by atoms with E-state index in [4.69, 9.17) is 9.94 Å². The maximum absolute atomic E-state index is 14.5. The number of azide groups is 1. The number of benzene rings is 5. The largest absolute Gasteiger partial charge is 0.478 e. The quantitative estimate of drug-likeness (QED) is 0.0116. The van der Waals surface area contributed by atoms with Crippen LogP contribution in [0.3, 0.4) is 0 Å². The van der Waals surface area contributed by atoms with Crippen molar-refractivity contribution in [2.75, 3.05) is 44.2 Å². The van der Waals surface area contributed by atoms with Crippen molar-refractivity contribution in [3.8, 4) is 11.5 Å². The van der Waals surface area contributed by atoms with E-state index < -0.39 is 17.8 Å². The number of carbonyl (C=O) groups is 5. The van der Waals surface area contributed by atoms with Gasteiger partial charge in [-0.3, -0.25) is 24.4 Å². The Balaban J connectivity index is 0.945. The summed E-state index contributed by atoms with van der Waals surface area (Å²) in [6.07, 6.45) is 13.5. The van der Waals surface area contributed by atoms with Crippen LogP contribution >= 0.6 is 0 Å². The van der Waals surface area contributed by atoms with Crippen molar-refractivity contribution in [3.05, 3.63) is 161 Å². The minimum Gasteiger partial charge on any atom is -0.478 e. The van der Waals surface area contributed by atoms with Crippen LogP contribution in [0.25, 0.3) is 16.0 Å².